The molecule has 3 heterocycles. The van der Waals surface area contributed by atoms with E-state index in [4.69, 9.17) is 16.3 Å². The Morgan fingerprint density at radius 3 is 2.71 bits per heavy atom. The standard InChI is InChI=1S/C26H26ClFN4O3/c27-20-7-5-11-29-25(20)32-18(15-33)16-35-24-19(6-4-8-23(24)32)26(34)30-17-9-10-22(21(28)14-17)31-12-2-1-3-13-31/h4-11,14,18,33H,1-3,12-13,15-16H2,(H,30,34)/t18-/m0/s1. The van der Waals surface area contributed by atoms with Crippen LogP contribution in [0.15, 0.2) is 54.7 Å². The first kappa shape index (κ1) is 23.4. The Labute approximate surface area is 208 Å². The first-order valence-corrected chi connectivity index (χ1v) is 12.1. The maximum Gasteiger partial charge on any atom is 0.259 e. The van der Waals surface area contributed by atoms with Crippen molar-refractivity contribution < 1.29 is 19.0 Å². The molecule has 1 amide bonds. The summed E-state index contributed by atoms with van der Waals surface area (Å²) < 4.78 is 20.8. The van der Waals surface area contributed by atoms with Gasteiger partial charge >= 0.3 is 0 Å². The molecule has 0 radical (unpaired) electrons. The molecular weight excluding hydrogens is 471 g/mol. The summed E-state index contributed by atoms with van der Waals surface area (Å²) in [6.07, 6.45) is 4.88. The van der Waals surface area contributed by atoms with Gasteiger partial charge in [-0.05, 0) is 61.7 Å². The molecule has 35 heavy (non-hydrogen) atoms. The molecule has 3 aromatic rings. The van der Waals surface area contributed by atoms with E-state index in [9.17, 15) is 14.3 Å². The average Bonchev–Trinajstić information content (AvgIpc) is 2.88. The summed E-state index contributed by atoms with van der Waals surface area (Å²) in [6, 6.07) is 12.9. The van der Waals surface area contributed by atoms with E-state index in [0.717, 1.165) is 25.9 Å². The Kier molecular flexibility index (Phi) is 6.74. The Hall–Kier alpha value is -3.36. The Morgan fingerprint density at radius 2 is 1.97 bits per heavy atom. The molecule has 7 nitrogen and oxygen atoms in total. The summed E-state index contributed by atoms with van der Waals surface area (Å²) in [5.74, 6) is 0.0202. The number of nitrogens with zero attached hydrogens (tertiary/aromatic N) is 3. The van der Waals surface area contributed by atoms with Gasteiger partial charge in [0.1, 0.15) is 12.4 Å². The van der Waals surface area contributed by atoms with Crippen molar-refractivity contribution in [1.29, 1.82) is 0 Å². The second kappa shape index (κ2) is 10.1. The van der Waals surface area contributed by atoms with Crippen LogP contribution in [0.1, 0.15) is 29.6 Å². The van der Waals surface area contributed by atoms with Crippen molar-refractivity contribution in [2.24, 2.45) is 0 Å². The van der Waals surface area contributed by atoms with Gasteiger partial charge in [-0.25, -0.2) is 9.37 Å². The molecule has 182 valence electrons. The molecule has 0 spiro atoms. The minimum Gasteiger partial charge on any atom is -0.488 e. The molecule has 2 N–H and O–H groups in total. The van der Waals surface area contributed by atoms with E-state index in [1.807, 2.05) is 4.90 Å². The lowest BCUT2D eigenvalue weighted by Gasteiger charge is -2.37. The fraction of sp³-hybridized carbons (Fsp3) is 0.308. The number of fused-ring (bicyclic) bond motifs is 1. The molecule has 1 saturated heterocycles. The summed E-state index contributed by atoms with van der Waals surface area (Å²) in [5, 5.41) is 13.1. The third kappa shape index (κ3) is 4.63. The van der Waals surface area contributed by atoms with Crippen LogP contribution in [0.4, 0.5) is 27.3 Å². The minimum atomic E-state index is -0.429. The Bertz CT molecular complexity index is 1230. The lowest BCUT2D eigenvalue weighted by Crippen LogP contribution is -2.43. The van der Waals surface area contributed by atoms with Gasteiger partial charge in [-0.2, -0.15) is 0 Å². The van der Waals surface area contributed by atoms with E-state index in [1.165, 1.54) is 12.5 Å². The highest BCUT2D eigenvalue weighted by Gasteiger charge is 2.33. The van der Waals surface area contributed by atoms with Crippen molar-refractivity contribution in [3.63, 3.8) is 0 Å². The topological polar surface area (TPSA) is 77.9 Å². The number of aliphatic hydroxyl groups excluding tert-OH is 1. The summed E-state index contributed by atoms with van der Waals surface area (Å²) in [4.78, 5) is 21.4. The SMILES string of the molecule is O=C(Nc1ccc(N2CCCCC2)c(F)c1)c1cccc2c1OC[C@H](CO)N2c1ncccc1Cl. The normalized spacial score (nSPS) is 17.5. The predicted molar refractivity (Wildman–Crippen MR) is 135 cm³/mol. The second-order valence-corrected chi connectivity index (χ2v) is 9.06. The molecular formula is C26H26ClFN4O3. The highest BCUT2D eigenvalue weighted by atomic mass is 35.5. The van der Waals surface area contributed by atoms with E-state index in [0.29, 0.717) is 33.7 Å². The first-order valence-electron chi connectivity index (χ1n) is 11.7. The highest BCUT2D eigenvalue weighted by Crippen LogP contribution is 2.42. The van der Waals surface area contributed by atoms with Crippen LogP contribution in [0.25, 0.3) is 0 Å². The number of piperidine rings is 1. The number of aromatic nitrogens is 1. The molecule has 2 aromatic carbocycles. The summed E-state index contributed by atoms with van der Waals surface area (Å²) in [5.41, 5.74) is 1.77. The molecule has 2 aliphatic rings. The molecule has 5 rings (SSSR count). The number of hydrogen-bond acceptors (Lipinski definition) is 6. The van der Waals surface area contributed by atoms with Crippen molar-refractivity contribution in [3.8, 4) is 5.75 Å². The zero-order valence-corrected chi connectivity index (χ0v) is 19.8. The Balaban J connectivity index is 1.43. The van der Waals surface area contributed by atoms with Gasteiger partial charge in [0, 0.05) is 25.0 Å². The number of anilines is 4. The van der Waals surface area contributed by atoms with Gasteiger partial charge in [0.2, 0.25) is 0 Å². The van der Waals surface area contributed by atoms with Gasteiger partial charge in [-0.3, -0.25) is 4.79 Å². The van der Waals surface area contributed by atoms with Gasteiger partial charge in [0.25, 0.3) is 5.91 Å². The molecule has 0 bridgehead atoms. The van der Waals surface area contributed by atoms with Crippen LogP contribution in [0.5, 0.6) is 5.75 Å². The molecule has 1 aromatic heterocycles. The van der Waals surface area contributed by atoms with Gasteiger partial charge in [-0.15, -0.1) is 0 Å². The van der Waals surface area contributed by atoms with Crippen LogP contribution in [-0.4, -0.2) is 48.3 Å². The molecule has 1 atom stereocenters. The number of aliphatic hydroxyl groups is 1. The zero-order chi connectivity index (χ0) is 24.4. The van der Waals surface area contributed by atoms with Gasteiger partial charge < -0.3 is 25.0 Å². The molecule has 9 heteroatoms. The van der Waals surface area contributed by atoms with Crippen LogP contribution >= 0.6 is 11.6 Å². The van der Waals surface area contributed by atoms with Crippen molar-refractivity contribution in [1.82, 2.24) is 4.98 Å². The monoisotopic (exact) mass is 496 g/mol. The number of carbonyl (C=O) groups excluding carboxylic acids is 1. The van der Waals surface area contributed by atoms with E-state index >= 15 is 0 Å². The fourth-order valence-corrected chi connectivity index (χ4v) is 4.86. The van der Waals surface area contributed by atoms with Crippen LogP contribution in [-0.2, 0) is 0 Å². The van der Waals surface area contributed by atoms with Crippen molar-refractivity contribution in [3.05, 3.63) is 71.1 Å². The van der Waals surface area contributed by atoms with Crippen molar-refractivity contribution >= 4 is 40.4 Å². The number of rotatable bonds is 5. The minimum absolute atomic E-state index is 0.139. The number of nitrogens with one attached hydrogen (secondary N) is 1. The van der Waals surface area contributed by atoms with Gasteiger partial charge in [0.05, 0.1) is 34.6 Å². The maximum absolute atomic E-state index is 14.9. The quantitative estimate of drug-likeness (QED) is 0.517. The van der Waals surface area contributed by atoms with E-state index in [-0.39, 0.29) is 24.6 Å². The molecule has 1 fully saturated rings. The first-order chi connectivity index (χ1) is 17.1. The predicted octanol–water partition coefficient (Wildman–Crippen LogP) is 5.01. The average molecular weight is 497 g/mol. The van der Waals surface area contributed by atoms with Crippen molar-refractivity contribution in [2.45, 2.75) is 25.3 Å². The van der Waals surface area contributed by atoms with Gasteiger partial charge in [0.15, 0.2) is 11.6 Å². The lowest BCUT2D eigenvalue weighted by atomic mass is 10.1. The molecule has 2 aliphatic heterocycles. The molecule has 0 aliphatic carbocycles. The Morgan fingerprint density at radius 1 is 1.14 bits per heavy atom. The van der Waals surface area contributed by atoms with Crippen LogP contribution < -0.4 is 19.9 Å². The van der Waals surface area contributed by atoms with Gasteiger partial charge in [-0.1, -0.05) is 17.7 Å². The van der Waals surface area contributed by atoms with E-state index in [1.54, 1.807) is 53.6 Å². The number of hydrogen-bond donors (Lipinski definition) is 2. The van der Waals surface area contributed by atoms with Crippen molar-refractivity contribution in [2.75, 3.05) is 41.4 Å². The number of ether oxygens (including phenoxy) is 1. The highest BCUT2D eigenvalue weighted by molar-refractivity contribution is 6.33. The maximum atomic E-state index is 14.9. The van der Waals surface area contributed by atoms with Crippen LogP contribution in [0, 0.1) is 5.82 Å². The smallest absolute Gasteiger partial charge is 0.259 e. The number of amides is 1. The van der Waals surface area contributed by atoms with E-state index in [2.05, 4.69) is 10.3 Å². The number of benzene rings is 2. The third-order valence-electron chi connectivity index (χ3n) is 6.36. The number of carbonyl (C=O) groups is 1. The molecule has 0 saturated carbocycles. The summed E-state index contributed by atoms with van der Waals surface area (Å²) >= 11 is 6.39. The largest absolute Gasteiger partial charge is 0.488 e. The third-order valence-corrected chi connectivity index (χ3v) is 6.66. The summed E-state index contributed by atoms with van der Waals surface area (Å²) in [6.45, 7) is 1.62. The number of halogens is 2. The van der Waals surface area contributed by atoms with Crippen LogP contribution in [0.3, 0.4) is 0 Å². The zero-order valence-electron chi connectivity index (χ0n) is 19.1. The summed E-state index contributed by atoms with van der Waals surface area (Å²) in [7, 11) is 0. The second-order valence-electron chi connectivity index (χ2n) is 8.65. The molecule has 0 unspecified atom stereocenters. The van der Waals surface area contributed by atoms with E-state index < -0.39 is 11.9 Å². The fourth-order valence-electron chi connectivity index (χ4n) is 4.65. The lowest BCUT2D eigenvalue weighted by molar-refractivity contribution is 0.102. The number of pyridine rings is 1. The van der Waals surface area contributed by atoms with Crippen LogP contribution in [0.2, 0.25) is 5.02 Å². The number of para-hydroxylation sites is 1.